The number of allylic oxidation sites excluding steroid dienone is 1. The minimum Gasteiger partial charge on any atom is -0.463 e. The molecule has 3 aromatic rings. The molecule has 2 aromatic heterocycles. The Morgan fingerprint density at radius 1 is 1.22 bits per heavy atom. The molecule has 0 bridgehead atoms. The molecule has 3 heterocycles. The van der Waals surface area contributed by atoms with Crippen LogP contribution in [0.15, 0.2) is 62.8 Å². The molecule has 0 aliphatic carbocycles. The number of carbonyl (C=O) groups is 2. The highest BCUT2D eigenvalue weighted by Crippen LogP contribution is 2.33. The average Bonchev–Trinajstić information content (AvgIpc) is 3.37. The number of benzene rings is 1. The number of thiophene rings is 1. The molecule has 0 spiro atoms. The number of nitrogens with zero attached hydrogens (tertiary/aromatic N) is 2. The van der Waals surface area contributed by atoms with Crippen molar-refractivity contribution in [3.63, 3.8) is 0 Å². The van der Waals surface area contributed by atoms with Gasteiger partial charge >= 0.3 is 11.9 Å². The SMILES string of the molecule is CCOC(=O)C1=C(C)N=c2s/c(=C/c3ccc(OC(C)=O)cc3)c(=O)n2[C@H]1c1cccs1. The highest BCUT2D eigenvalue weighted by Gasteiger charge is 2.33. The second-order valence-corrected chi connectivity index (χ2v) is 8.97. The molecule has 0 saturated carbocycles. The number of rotatable bonds is 5. The van der Waals surface area contributed by atoms with Crippen LogP contribution in [0, 0.1) is 0 Å². The van der Waals surface area contributed by atoms with Gasteiger partial charge in [-0.3, -0.25) is 14.2 Å². The fraction of sp³-hybridized carbons (Fsp3) is 0.217. The van der Waals surface area contributed by atoms with Crippen LogP contribution in [-0.2, 0) is 14.3 Å². The van der Waals surface area contributed by atoms with Crippen molar-refractivity contribution in [2.45, 2.75) is 26.8 Å². The van der Waals surface area contributed by atoms with Crippen molar-refractivity contribution in [2.24, 2.45) is 4.99 Å². The number of aromatic nitrogens is 1. The largest absolute Gasteiger partial charge is 0.463 e. The molecule has 0 amide bonds. The number of ether oxygens (including phenoxy) is 2. The third kappa shape index (κ3) is 4.21. The van der Waals surface area contributed by atoms with E-state index >= 15 is 0 Å². The smallest absolute Gasteiger partial charge is 0.338 e. The number of fused-ring (bicyclic) bond motifs is 1. The summed E-state index contributed by atoms with van der Waals surface area (Å²) in [5.74, 6) is -0.432. The number of hydrogen-bond donors (Lipinski definition) is 0. The van der Waals surface area contributed by atoms with Crippen LogP contribution >= 0.6 is 22.7 Å². The molecule has 0 radical (unpaired) electrons. The molecular weight excluding hydrogens is 448 g/mol. The van der Waals surface area contributed by atoms with Gasteiger partial charge in [-0.25, -0.2) is 9.79 Å². The molecule has 1 aliphatic rings. The van der Waals surface area contributed by atoms with E-state index in [1.54, 1.807) is 48.8 Å². The van der Waals surface area contributed by atoms with Crippen molar-refractivity contribution in [1.29, 1.82) is 0 Å². The van der Waals surface area contributed by atoms with E-state index in [4.69, 9.17) is 9.47 Å². The first-order chi connectivity index (χ1) is 15.4. The van der Waals surface area contributed by atoms with Crippen LogP contribution in [0.4, 0.5) is 0 Å². The second-order valence-electron chi connectivity index (χ2n) is 6.98. The molecule has 0 fully saturated rings. The van der Waals surface area contributed by atoms with Gasteiger partial charge in [-0.15, -0.1) is 11.3 Å². The van der Waals surface area contributed by atoms with Crippen molar-refractivity contribution in [3.8, 4) is 5.75 Å². The van der Waals surface area contributed by atoms with Gasteiger partial charge in [0.05, 0.1) is 22.4 Å². The van der Waals surface area contributed by atoms with Gasteiger partial charge in [0, 0.05) is 11.8 Å². The summed E-state index contributed by atoms with van der Waals surface area (Å²) in [6.07, 6.45) is 1.76. The lowest BCUT2D eigenvalue weighted by atomic mass is 10.0. The zero-order valence-electron chi connectivity index (χ0n) is 17.7. The number of thiazole rings is 1. The first kappa shape index (κ1) is 21.9. The van der Waals surface area contributed by atoms with Gasteiger partial charge in [0.15, 0.2) is 4.80 Å². The summed E-state index contributed by atoms with van der Waals surface area (Å²) in [7, 11) is 0. The summed E-state index contributed by atoms with van der Waals surface area (Å²) in [5, 5.41) is 1.91. The summed E-state index contributed by atoms with van der Waals surface area (Å²) >= 11 is 2.74. The molecule has 7 nitrogen and oxygen atoms in total. The minimum atomic E-state index is -0.584. The molecular formula is C23H20N2O5S2. The van der Waals surface area contributed by atoms with E-state index in [2.05, 4.69) is 4.99 Å². The Bertz CT molecular complexity index is 1380. The van der Waals surface area contributed by atoms with Gasteiger partial charge in [-0.2, -0.15) is 0 Å². The molecule has 1 aromatic carbocycles. The van der Waals surface area contributed by atoms with E-state index in [9.17, 15) is 14.4 Å². The zero-order chi connectivity index (χ0) is 22.8. The third-order valence-corrected chi connectivity index (χ3v) is 6.68. The van der Waals surface area contributed by atoms with Gasteiger partial charge in [0.2, 0.25) is 0 Å². The van der Waals surface area contributed by atoms with Gasteiger partial charge < -0.3 is 9.47 Å². The fourth-order valence-electron chi connectivity index (χ4n) is 3.46. The van der Waals surface area contributed by atoms with Crippen molar-refractivity contribution in [3.05, 3.63) is 83.2 Å². The second kappa shape index (κ2) is 9.05. The van der Waals surface area contributed by atoms with E-state index in [0.717, 1.165) is 10.4 Å². The van der Waals surface area contributed by atoms with Crippen molar-refractivity contribution in [1.82, 2.24) is 4.57 Å². The Morgan fingerprint density at radius 2 is 1.97 bits per heavy atom. The first-order valence-electron chi connectivity index (χ1n) is 9.90. The van der Waals surface area contributed by atoms with Crippen LogP contribution in [0.1, 0.15) is 37.3 Å². The van der Waals surface area contributed by atoms with Crippen LogP contribution in [0.5, 0.6) is 5.75 Å². The van der Waals surface area contributed by atoms with Crippen LogP contribution in [0.25, 0.3) is 6.08 Å². The summed E-state index contributed by atoms with van der Waals surface area (Å²) in [5.41, 5.74) is 1.46. The predicted octanol–water partition coefficient (Wildman–Crippen LogP) is 2.79. The molecule has 0 N–H and O–H groups in total. The van der Waals surface area contributed by atoms with Crippen molar-refractivity contribution < 1.29 is 19.1 Å². The Morgan fingerprint density at radius 3 is 2.59 bits per heavy atom. The molecule has 0 unspecified atom stereocenters. The molecule has 164 valence electrons. The topological polar surface area (TPSA) is 87.0 Å². The van der Waals surface area contributed by atoms with Crippen molar-refractivity contribution in [2.75, 3.05) is 6.61 Å². The van der Waals surface area contributed by atoms with Gasteiger partial charge in [0.1, 0.15) is 11.8 Å². The molecule has 1 aliphatic heterocycles. The lowest BCUT2D eigenvalue weighted by Gasteiger charge is -2.23. The highest BCUT2D eigenvalue weighted by molar-refractivity contribution is 7.10. The number of hydrogen-bond acceptors (Lipinski definition) is 8. The highest BCUT2D eigenvalue weighted by atomic mass is 32.1. The summed E-state index contributed by atoms with van der Waals surface area (Å²) in [4.78, 5) is 43.2. The fourth-order valence-corrected chi connectivity index (χ4v) is 5.33. The lowest BCUT2D eigenvalue weighted by molar-refractivity contribution is -0.139. The van der Waals surface area contributed by atoms with Gasteiger partial charge in [0.25, 0.3) is 5.56 Å². The zero-order valence-corrected chi connectivity index (χ0v) is 19.3. The van der Waals surface area contributed by atoms with Crippen LogP contribution in [0.3, 0.4) is 0 Å². The Kier molecular flexibility index (Phi) is 6.20. The standard InChI is InChI=1S/C23H20N2O5S2/c1-4-29-22(28)19-13(2)24-23-25(20(19)17-6-5-11-31-17)21(27)18(32-23)12-15-7-9-16(10-8-15)30-14(3)26/h5-12,20H,4H2,1-3H3/b18-12+/t20-/m0/s1. The van der Waals surface area contributed by atoms with Crippen LogP contribution in [0.2, 0.25) is 0 Å². The molecule has 0 saturated heterocycles. The predicted molar refractivity (Wildman–Crippen MR) is 122 cm³/mol. The lowest BCUT2D eigenvalue weighted by Crippen LogP contribution is -2.39. The minimum absolute atomic E-state index is 0.231. The maximum Gasteiger partial charge on any atom is 0.338 e. The Balaban J connectivity index is 1.83. The number of carbonyl (C=O) groups excluding carboxylic acids is 2. The molecule has 9 heteroatoms. The summed E-state index contributed by atoms with van der Waals surface area (Å²) < 4.78 is 12.4. The summed E-state index contributed by atoms with van der Waals surface area (Å²) in [6.45, 7) is 5.08. The van der Waals surface area contributed by atoms with Gasteiger partial charge in [-0.1, -0.05) is 29.5 Å². The molecule has 4 rings (SSSR count). The molecule has 1 atom stereocenters. The molecule has 32 heavy (non-hydrogen) atoms. The Labute approximate surface area is 191 Å². The van der Waals surface area contributed by atoms with Gasteiger partial charge in [-0.05, 0) is 49.1 Å². The van der Waals surface area contributed by atoms with Crippen molar-refractivity contribution >= 4 is 40.7 Å². The van der Waals surface area contributed by atoms with E-state index in [0.29, 0.717) is 26.4 Å². The normalized spacial score (nSPS) is 15.8. The summed E-state index contributed by atoms with van der Waals surface area (Å²) in [6, 6.07) is 10.1. The maximum absolute atomic E-state index is 13.4. The third-order valence-electron chi connectivity index (χ3n) is 4.77. The monoisotopic (exact) mass is 468 g/mol. The van der Waals surface area contributed by atoms with E-state index in [-0.39, 0.29) is 12.2 Å². The average molecular weight is 469 g/mol. The van der Waals surface area contributed by atoms with Crippen LogP contribution in [-0.4, -0.2) is 23.1 Å². The quantitative estimate of drug-likeness (QED) is 0.425. The van der Waals surface area contributed by atoms with E-state index in [1.165, 1.54) is 29.6 Å². The first-order valence-corrected chi connectivity index (χ1v) is 11.6. The van der Waals surface area contributed by atoms with E-state index in [1.807, 2.05) is 17.5 Å². The Hall–Kier alpha value is -3.30. The number of esters is 2. The van der Waals surface area contributed by atoms with Crippen LogP contribution < -0.4 is 19.6 Å². The van der Waals surface area contributed by atoms with E-state index < -0.39 is 18.0 Å². The maximum atomic E-state index is 13.4.